The van der Waals surface area contributed by atoms with E-state index < -0.39 is 0 Å². The Morgan fingerprint density at radius 3 is 2.15 bits per heavy atom. The molecule has 0 saturated heterocycles. The molecule has 2 heterocycles. The van der Waals surface area contributed by atoms with Gasteiger partial charge in [-0.05, 0) is 43.7 Å². The van der Waals surface area contributed by atoms with E-state index in [1.807, 2.05) is 38.1 Å². The number of H-pyrrole nitrogens is 1. The molecule has 0 amide bonds. The van der Waals surface area contributed by atoms with Gasteiger partial charge in [-0.3, -0.25) is 4.99 Å². The van der Waals surface area contributed by atoms with Crippen molar-refractivity contribution in [3.8, 4) is 34.3 Å². The van der Waals surface area contributed by atoms with Crippen molar-refractivity contribution in [2.24, 2.45) is 4.99 Å². The van der Waals surface area contributed by atoms with E-state index in [1.54, 1.807) is 28.4 Å². The Balaban J connectivity index is 2.11. The molecule has 0 saturated carbocycles. The lowest BCUT2D eigenvalue weighted by molar-refractivity contribution is 0.325. The summed E-state index contributed by atoms with van der Waals surface area (Å²) in [6.45, 7) is 4.02. The fraction of sp³-hybridized carbons (Fsp3) is 0.286. The van der Waals surface area contributed by atoms with Crippen molar-refractivity contribution in [1.82, 2.24) is 4.98 Å². The molecule has 1 aromatic carbocycles. The number of methoxy groups -OCH3 is 4. The lowest BCUT2D eigenvalue weighted by atomic mass is 10.1. The third kappa shape index (κ3) is 3.43. The first-order chi connectivity index (χ1) is 13.0. The highest BCUT2D eigenvalue weighted by Gasteiger charge is 2.20. The van der Waals surface area contributed by atoms with Crippen LogP contribution in [-0.4, -0.2) is 39.1 Å². The second-order valence-electron chi connectivity index (χ2n) is 6.16. The zero-order chi connectivity index (χ0) is 19.6. The van der Waals surface area contributed by atoms with Gasteiger partial charge in [0.15, 0.2) is 11.5 Å². The minimum Gasteiger partial charge on any atom is -0.494 e. The second-order valence-corrected chi connectivity index (χ2v) is 6.16. The number of hydrogen-bond acceptors (Lipinski definition) is 5. The quantitative estimate of drug-likeness (QED) is 0.817. The zero-order valence-corrected chi connectivity index (χ0v) is 16.5. The molecule has 1 aliphatic heterocycles. The number of aliphatic imine (C=N–C) groups is 1. The van der Waals surface area contributed by atoms with Crippen LogP contribution < -0.4 is 18.9 Å². The summed E-state index contributed by atoms with van der Waals surface area (Å²) in [5.74, 6) is 2.46. The van der Waals surface area contributed by atoms with Crippen LogP contribution in [-0.2, 0) is 0 Å². The number of hydrogen-bond donors (Lipinski definition) is 1. The predicted molar refractivity (Wildman–Crippen MR) is 107 cm³/mol. The van der Waals surface area contributed by atoms with Gasteiger partial charge in [-0.2, -0.15) is 0 Å². The van der Waals surface area contributed by atoms with Crippen LogP contribution in [0.15, 0.2) is 40.5 Å². The number of aromatic nitrogens is 1. The fourth-order valence-electron chi connectivity index (χ4n) is 3.17. The summed E-state index contributed by atoms with van der Waals surface area (Å²) < 4.78 is 22.0. The van der Waals surface area contributed by atoms with Crippen LogP contribution in [0.2, 0.25) is 0 Å². The van der Waals surface area contributed by atoms with Crippen molar-refractivity contribution in [3.63, 3.8) is 0 Å². The maximum absolute atomic E-state index is 5.60. The molecule has 1 N–H and O–H groups in total. The minimum atomic E-state index is 0.542. The van der Waals surface area contributed by atoms with Gasteiger partial charge in [0.1, 0.15) is 5.75 Å². The molecule has 3 rings (SSSR count). The summed E-state index contributed by atoms with van der Waals surface area (Å²) in [6, 6.07) is 5.70. The number of aromatic amines is 1. The normalized spacial score (nSPS) is 14.8. The molecule has 0 bridgehead atoms. The molecule has 0 unspecified atom stereocenters. The molecule has 0 radical (unpaired) electrons. The van der Waals surface area contributed by atoms with Crippen LogP contribution in [0.3, 0.4) is 0 Å². The summed E-state index contributed by atoms with van der Waals surface area (Å²) in [5.41, 5.74) is 5.55. The number of ether oxygens (including phenoxy) is 4. The van der Waals surface area contributed by atoms with E-state index in [1.165, 1.54) is 0 Å². The number of benzene rings is 1. The molecular weight excluding hydrogens is 344 g/mol. The fourth-order valence-corrected chi connectivity index (χ4v) is 3.17. The molecular formula is C21H24N2O4. The Labute approximate surface area is 159 Å². The van der Waals surface area contributed by atoms with Crippen molar-refractivity contribution in [2.45, 2.75) is 13.8 Å². The summed E-state index contributed by atoms with van der Waals surface area (Å²) in [5, 5.41) is 0. The van der Waals surface area contributed by atoms with E-state index in [9.17, 15) is 0 Å². The van der Waals surface area contributed by atoms with Crippen LogP contribution >= 0.6 is 0 Å². The first kappa shape index (κ1) is 18.6. The summed E-state index contributed by atoms with van der Waals surface area (Å²) in [4.78, 5) is 7.95. The SMILES string of the molecule is COc1cc(-c2ccc(OC)c(OC)c2OC)[nH]c1C=C1N=C(C)C=C1C. The topological polar surface area (TPSA) is 65.1 Å². The Morgan fingerprint density at radius 2 is 1.59 bits per heavy atom. The highest BCUT2D eigenvalue weighted by Crippen LogP contribution is 2.45. The average molecular weight is 368 g/mol. The van der Waals surface area contributed by atoms with Crippen LogP contribution in [0.25, 0.3) is 17.3 Å². The molecule has 0 fully saturated rings. The Bertz CT molecular complexity index is 951. The molecule has 0 aliphatic carbocycles. The van der Waals surface area contributed by atoms with Crippen LogP contribution in [0.5, 0.6) is 23.0 Å². The van der Waals surface area contributed by atoms with Crippen molar-refractivity contribution in [2.75, 3.05) is 28.4 Å². The van der Waals surface area contributed by atoms with Gasteiger partial charge in [-0.15, -0.1) is 0 Å². The lowest BCUT2D eigenvalue weighted by Crippen LogP contribution is -1.97. The van der Waals surface area contributed by atoms with Gasteiger partial charge >= 0.3 is 0 Å². The second kappa shape index (κ2) is 7.61. The molecule has 6 heteroatoms. The van der Waals surface area contributed by atoms with Gasteiger partial charge in [0.2, 0.25) is 5.75 Å². The van der Waals surface area contributed by atoms with Crippen molar-refractivity contribution < 1.29 is 18.9 Å². The molecule has 6 nitrogen and oxygen atoms in total. The summed E-state index contributed by atoms with van der Waals surface area (Å²) >= 11 is 0. The maximum atomic E-state index is 5.60. The van der Waals surface area contributed by atoms with Gasteiger partial charge in [-0.1, -0.05) is 0 Å². The van der Waals surface area contributed by atoms with Crippen molar-refractivity contribution in [1.29, 1.82) is 0 Å². The molecule has 1 aliphatic rings. The first-order valence-electron chi connectivity index (χ1n) is 8.54. The van der Waals surface area contributed by atoms with Crippen molar-refractivity contribution in [3.05, 3.63) is 41.2 Å². The predicted octanol–water partition coefficient (Wildman–Crippen LogP) is 4.48. The minimum absolute atomic E-state index is 0.542. The molecule has 0 spiro atoms. The molecule has 2 aromatic rings. The zero-order valence-electron chi connectivity index (χ0n) is 16.5. The standard InChI is InChI=1S/C21H24N2O4/c1-12-9-13(2)22-15(12)10-17-19(25-4)11-16(23-17)14-7-8-18(24-3)21(27-6)20(14)26-5/h7-11,23H,1-6H3. The molecule has 0 atom stereocenters. The van der Waals surface area contributed by atoms with E-state index in [-0.39, 0.29) is 0 Å². The smallest absolute Gasteiger partial charge is 0.203 e. The third-order valence-electron chi connectivity index (χ3n) is 4.43. The molecule has 1 aromatic heterocycles. The highest BCUT2D eigenvalue weighted by molar-refractivity contribution is 5.98. The number of nitrogens with one attached hydrogen (secondary N) is 1. The van der Waals surface area contributed by atoms with Gasteiger partial charge < -0.3 is 23.9 Å². The van der Waals surface area contributed by atoms with E-state index in [0.29, 0.717) is 17.2 Å². The molecule has 27 heavy (non-hydrogen) atoms. The van der Waals surface area contributed by atoms with Crippen LogP contribution in [0, 0.1) is 0 Å². The number of rotatable bonds is 6. The van der Waals surface area contributed by atoms with E-state index in [0.717, 1.165) is 39.7 Å². The Hall–Kier alpha value is -3.15. The van der Waals surface area contributed by atoms with E-state index in [2.05, 4.69) is 16.1 Å². The Morgan fingerprint density at radius 1 is 0.889 bits per heavy atom. The van der Waals surface area contributed by atoms with Gasteiger partial charge in [-0.25, -0.2) is 0 Å². The van der Waals surface area contributed by atoms with Gasteiger partial charge in [0.05, 0.1) is 45.5 Å². The van der Waals surface area contributed by atoms with Crippen molar-refractivity contribution >= 4 is 11.8 Å². The lowest BCUT2D eigenvalue weighted by Gasteiger charge is -2.15. The highest BCUT2D eigenvalue weighted by atomic mass is 16.5. The van der Waals surface area contributed by atoms with E-state index in [4.69, 9.17) is 18.9 Å². The maximum Gasteiger partial charge on any atom is 0.203 e. The third-order valence-corrected chi connectivity index (χ3v) is 4.43. The Kier molecular flexibility index (Phi) is 5.26. The average Bonchev–Trinajstić information content (AvgIpc) is 3.22. The molecule has 142 valence electrons. The van der Waals surface area contributed by atoms with E-state index >= 15 is 0 Å². The van der Waals surface area contributed by atoms with Gasteiger partial charge in [0.25, 0.3) is 0 Å². The number of allylic oxidation sites excluding steroid dienone is 2. The van der Waals surface area contributed by atoms with Crippen LogP contribution in [0.4, 0.5) is 0 Å². The summed E-state index contributed by atoms with van der Waals surface area (Å²) in [6.07, 6.45) is 4.04. The van der Waals surface area contributed by atoms with Crippen LogP contribution in [0.1, 0.15) is 19.5 Å². The summed E-state index contributed by atoms with van der Waals surface area (Å²) in [7, 11) is 6.43. The first-order valence-corrected chi connectivity index (χ1v) is 8.54. The monoisotopic (exact) mass is 368 g/mol. The number of nitrogens with zero attached hydrogens (tertiary/aromatic N) is 1. The van der Waals surface area contributed by atoms with Gasteiger partial charge in [0, 0.05) is 17.3 Å². The largest absolute Gasteiger partial charge is 0.494 e.